The maximum atomic E-state index is 6.42. The predicted molar refractivity (Wildman–Crippen MR) is 152 cm³/mol. The van der Waals surface area contributed by atoms with Crippen LogP contribution in [0.5, 0.6) is 0 Å². The van der Waals surface area contributed by atoms with Gasteiger partial charge in [0.1, 0.15) is 24.4 Å². The number of benzene rings is 2. The first-order valence-electron chi connectivity index (χ1n) is 14.1. The zero-order valence-corrected chi connectivity index (χ0v) is 23.9. The van der Waals surface area contributed by atoms with Crippen LogP contribution in [-0.2, 0) is 19.1 Å². The molecule has 2 bridgehead atoms. The maximum absolute atomic E-state index is 6.42. The van der Waals surface area contributed by atoms with Crippen molar-refractivity contribution in [1.82, 2.24) is 5.23 Å². The van der Waals surface area contributed by atoms with Crippen molar-refractivity contribution >= 4 is 11.4 Å². The monoisotopic (exact) mass is 529 g/mol. The molecule has 0 aromatic heterocycles. The highest BCUT2D eigenvalue weighted by atomic mass is 17.0. The Kier molecular flexibility index (Phi) is 7.18. The molecule has 0 N–H and O–H groups in total. The highest BCUT2D eigenvalue weighted by Crippen LogP contribution is 2.40. The summed E-state index contributed by atoms with van der Waals surface area (Å²) in [6.07, 6.45) is 9.20. The summed E-state index contributed by atoms with van der Waals surface area (Å²) in [6, 6.07) is 8.88. The highest BCUT2D eigenvalue weighted by Gasteiger charge is 2.53. The van der Waals surface area contributed by atoms with Crippen LogP contribution >= 0.6 is 0 Å². The van der Waals surface area contributed by atoms with Crippen LogP contribution in [0, 0.1) is 48.2 Å². The molecule has 206 valence electrons. The number of ether oxygens (including phenoxy) is 2. The number of aryl methyl sites for hydroxylation is 6. The minimum Gasteiger partial charge on any atom is -0.478 e. The third-order valence-electron chi connectivity index (χ3n) is 7.89. The lowest BCUT2D eigenvalue weighted by atomic mass is 10.0. The molecular formula is C32H39N3O4. The first-order valence-corrected chi connectivity index (χ1v) is 14.1. The largest absolute Gasteiger partial charge is 0.478 e. The summed E-state index contributed by atoms with van der Waals surface area (Å²) in [4.78, 5) is 16.1. The van der Waals surface area contributed by atoms with E-state index in [1.807, 2.05) is 0 Å². The van der Waals surface area contributed by atoms with Gasteiger partial charge in [0.25, 0.3) is 0 Å². The lowest BCUT2D eigenvalue weighted by molar-refractivity contribution is -0.328. The summed E-state index contributed by atoms with van der Waals surface area (Å²) in [6.45, 7) is 17.9. The highest BCUT2D eigenvalue weighted by molar-refractivity contribution is 5.72. The smallest absolute Gasteiger partial charge is 0.220 e. The van der Waals surface area contributed by atoms with Crippen LogP contribution in [0.3, 0.4) is 0 Å². The van der Waals surface area contributed by atoms with Gasteiger partial charge in [-0.3, -0.25) is 14.6 Å². The number of hydroxylamine groups is 2. The number of hydrogen-bond donors (Lipinski definition) is 0. The Morgan fingerprint density at radius 1 is 0.744 bits per heavy atom. The number of anilines is 2. The SMILES string of the molecule is Cc1cc(C)c(N2[C]N(c3c(C)cc(C)cc3C)C(OCCCCCN3OC4C5C=CC(O5)C4O3)=C2)c(C)c1. The van der Waals surface area contributed by atoms with E-state index in [1.54, 1.807) is 5.23 Å². The minimum atomic E-state index is -0.00597. The second-order valence-corrected chi connectivity index (χ2v) is 11.3. The third kappa shape index (κ3) is 5.09. The van der Waals surface area contributed by atoms with E-state index in [0.29, 0.717) is 6.61 Å². The van der Waals surface area contributed by atoms with Gasteiger partial charge in [-0.05, 0) is 83.1 Å². The van der Waals surface area contributed by atoms with E-state index in [0.717, 1.165) is 43.1 Å². The Morgan fingerprint density at radius 3 is 1.90 bits per heavy atom. The molecule has 2 saturated heterocycles. The van der Waals surface area contributed by atoms with Crippen LogP contribution in [0.4, 0.5) is 11.4 Å². The Morgan fingerprint density at radius 2 is 1.31 bits per heavy atom. The van der Waals surface area contributed by atoms with Crippen molar-refractivity contribution in [1.29, 1.82) is 0 Å². The number of nitrogens with zero attached hydrogens (tertiary/aromatic N) is 3. The van der Waals surface area contributed by atoms with Crippen molar-refractivity contribution in [2.45, 2.75) is 85.2 Å². The van der Waals surface area contributed by atoms with E-state index in [1.165, 1.54) is 33.4 Å². The van der Waals surface area contributed by atoms with Gasteiger partial charge in [-0.25, -0.2) is 0 Å². The molecule has 4 heterocycles. The van der Waals surface area contributed by atoms with Gasteiger partial charge in [-0.1, -0.05) is 52.8 Å². The lowest BCUT2D eigenvalue weighted by Crippen LogP contribution is -2.30. The van der Waals surface area contributed by atoms with E-state index in [4.69, 9.17) is 19.1 Å². The zero-order valence-electron chi connectivity index (χ0n) is 23.9. The van der Waals surface area contributed by atoms with E-state index in [9.17, 15) is 0 Å². The molecule has 2 aromatic rings. The van der Waals surface area contributed by atoms with Gasteiger partial charge < -0.3 is 14.4 Å². The third-order valence-corrected chi connectivity index (χ3v) is 7.89. The zero-order chi connectivity index (χ0) is 27.3. The van der Waals surface area contributed by atoms with Crippen molar-refractivity contribution in [2.24, 2.45) is 0 Å². The molecule has 4 aliphatic rings. The normalized spacial score (nSPS) is 25.6. The van der Waals surface area contributed by atoms with Gasteiger partial charge in [0.15, 0.2) is 0 Å². The van der Waals surface area contributed by atoms with Crippen LogP contribution < -0.4 is 9.80 Å². The number of rotatable bonds is 9. The Bertz CT molecular complexity index is 1240. The van der Waals surface area contributed by atoms with Gasteiger partial charge in [-0.2, -0.15) is 0 Å². The summed E-state index contributed by atoms with van der Waals surface area (Å²) in [5.74, 6) is 0.798. The molecule has 0 spiro atoms. The molecule has 6 rings (SSSR count). The minimum absolute atomic E-state index is 0.00597. The van der Waals surface area contributed by atoms with Crippen molar-refractivity contribution < 1.29 is 19.1 Å². The van der Waals surface area contributed by atoms with E-state index >= 15 is 0 Å². The van der Waals surface area contributed by atoms with Crippen LogP contribution in [0.25, 0.3) is 0 Å². The van der Waals surface area contributed by atoms with Crippen LogP contribution in [0.15, 0.2) is 48.5 Å². The van der Waals surface area contributed by atoms with E-state index in [2.05, 4.69) is 101 Å². The summed E-state index contributed by atoms with van der Waals surface area (Å²) >= 11 is 0. The van der Waals surface area contributed by atoms with Gasteiger partial charge in [-0.15, -0.1) is 0 Å². The molecule has 4 atom stereocenters. The fraction of sp³-hybridized carbons (Fsp3) is 0.469. The van der Waals surface area contributed by atoms with Gasteiger partial charge in [0, 0.05) is 5.69 Å². The van der Waals surface area contributed by atoms with Crippen molar-refractivity contribution in [3.8, 4) is 0 Å². The van der Waals surface area contributed by atoms with Crippen LogP contribution in [0.2, 0.25) is 0 Å². The molecule has 0 amide bonds. The summed E-state index contributed by atoms with van der Waals surface area (Å²) in [5.41, 5.74) is 9.65. The Balaban J connectivity index is 1.08. The summed E-state index contributed by atoms with van der Waals surface area (Å²) in [5, 5.41) is 1.66. The van der Waals surface area contributed by atoms with Gasteiger partial charge >= 0.3 is 0 Å². The maximum Gasteiger partial charge on any atom is 0.220 e. The summed E-state index contributed by atoms with van der Waals surface area (Å²) in [7, 11) is 0. The summed E-state index contributed by atoms with van der Waals surface area (Å²) < 4.78 is 12.2. The van der Waals surface area contributed by atoms with Crippen LogP contribution in [-0.4, -0.2) is 42.8 Å². The number of fused-ring (bicyclic) bond motifs is 5. The Hall–Kier alpha value is -2.84. The van der Waals surface area contributed by atoms with Crippen molar-refractivity contribution in [3.05, 3.63) is 88.5 Å². The molecule has 2 fully saturated rings. The van der Waals surface area contributed by atoms with E-state index in [-0.39, 0.29) is 24.4 Å². The van der Waals surface area contributed by atoms with E-state index < -0.39 is 0 Å². The molecule has 0 saturated carbocycles. The molecule has 7 nitrogen and oxygen atoms in total. The standard InChI is InChI=1S/C32H39N3O4/c1-20-14-22(3)29(23(4)15-20)33-18-28(34(19-33)30-24(5)16-21(2)17-25(30)6)36-13-9-7-8-12-35-38-31-26-10-11-27(37-26)32(31)39-35/h10-11,14-18,26-27,31-32H,7-9,12-13H2,1-6H3. The van der Waals surface area contributed by atoms with Gasteiger partial charge in [0.2, 0.25) is 12.6 Å². The second kappa shape index (κ2) is 10.6. The molecule has 4 aliphatic heterocycles. The second-order valence-electron chi connectivity index (χ2n) is 11.3. The first-order chi connectivity index (χ1) is 18.8. The topological polar surface area (TPSA) is 46.6 Å². The lowest BCUT2D eigenvalue weighted by Gasteiger charge is -2.26. The molecule has 2 aromatic carbocycles. The molecule has 4 unspecified atom stereocenters. The van der Waals surface area contributed by atoms with Crippen LogP contribution in [0.1, 0.15) is 52.6 Å². The number of hydrogen-bond acceptors (Lipinski definition) is 7. The molecule has 0 aliphatic carbocycles. The Labute approximate surface area is 232 Å². The fourth-order valence-electron chi connectivity index (χ4n) is 6.39. The van der Waals surface area contributed by atoms with Gasteiger partial charge in [0.05, 0.1) is 25.0 Å². The van der Waals surface area contributed by atoms with Crippen molar-refractivity contribution in [2.75, 3.05) is 23.0 Å². The average Bonchev–Trinajstić information content (AvgIpc) is 3.63. The predicted octanol–water partition coefficient (Wildman–Crippen LogP) is 6.10. The molecular weight excluding hydrogens is 490 g/mol. The molecule has 2 radical (unpaired) electrons. The first kappa shape index (κ1) is 26.4. The number of unbranched alkanes of at least 4 members (excludes halogenated alkanes) is 2. The quantitative estimate of drug-likeness (QED) is 0.287. The van der Waals surface area contributed by atoms with Crippen molar-refractivity contribution in [3.63, 3.8) is 0 Å². The fourth-order valence-corrected chi connectivity index (χ4v) is 6.39. The molecule has 7 heteroatoms. The molecule has 39 heavy (non-hydrogen) atoms. The average molecular weight is 530 g/mol.